The molecule has 0 aliphatic carbocycles. The maximum Gasteiger partial charge on any atom is 0.243 e. The van der Waals surface area contributed by atoms with Gasteiger partial charge in [-0.05, 0) is 45.2 Å². The second-order valence-corrected chi connectivity index (χ2v) is 10.5. The number of unbranched alkanes of at least 4 members (excludes halogenated alkanes) is 8. The first kappa shape index (κ1) is 23.4. The van der Waals surface area contributed by atoms with Gasteiger partial charge in [-0.1, -0.05) is 88.8 Å². The Morgan fingerprint density at radius 1 is 0.893 bits per heavy atom. The highest BCUT2D eigenvalue weighted by Crippen LogP contribution is 2.32. The van der Waals surface area contributed by atoms with Crippen LogP contribution in [-0.2, 0) is 10.0 Å². The van der Waals surface area contributed by atoms with Crippen LogP contribution in [0.1, 0.15) is 103 Å². The molecule has 0 saturated carbocycles. The monoisotopic (exact) mass is 407 g/mol. The topological polar surface area (TPSA) is 37.4 Å². The number of nitrogens with zero attached hydrogens (tertiary/aromatic N) is 1. The van der Waals surface area contributed by atoms with Crippen LogP contribution >= 0.6 is 0 Å². The van der Waals surface area contributed by atoms with Gasteiger partial charge in [0.1, 0.15) is 0 Å². The highest BCUT2D eigenvalue weighted by molar-refractivity contribution is 7.89. The zero-order chi connectivity index (χ0) is 20.4. The molecule has 1 aromatic rings. The number of benzene rings is 1. The van der Waals surface area contributed by atoms with E-state index in [2.05, 4.69) is 13.8 Å². The largest absolute Gasteiger partial charge is 0.243 e. The summed E-state index contributed by atoms with van der Waals surface area (Å²) < 4.78 is 28.5. The second kappa shape index (κ2) is 12.0. The maximum absolute atomic E-state index is 13.3. The molecule has 0 N–H and O–H groups in total. The molecule has 1 aromatic carbocycles. The summed E-state index contributed by atoms with van der Waals surface area (Å²) in [6.45, 7) is 6.33. The minimum absolute atomic E-state index is 0.101. The van der Waals surface area contributed by atoms with Crippen molar-refractivity contribution in [3.63, 3.8) is 0 Å². The summed E-state index contributed by atoms with van der Waals surface area (Å²) in [6.07, 6.45) is 15.9. The fourth-order valence-electron chi connectivity index (χ4n) is 4.49. The van der Waals surface area contributed by atoms with E-state index in [0.29, 0.717) is 4.90 Å². The summed E-state index contributed by atoms with van der Waals surface area (Å²) in [5.41, 5.74) is 1.09. The third-order valence-electron chi connectivity index (χ3n) is 6.19. The lowest BCUT2D eigenvalue weighted by atomic mass is 9.95. The highest BCUT2D eigenvalue weighted by atomic mass is 32.2. The van der Waals surface area contributed by atoms with Gasteiger partial charge in [-0.15, -0.1) is 0 Å². The molecule has 2 atom stereocenters. The van der Waals surface area contributed by atoms with Crippen molar-refractivity contribution in [2.75, 3.05) is 0 Å². The van der Waals surface area contributed by atoms with Crippen LogP contribution in [0.3, 0.4) is 0 Å². The third-order valence-corrected chi connectivity index (χ3v) is 8.27. The predicted molar refractivity (Wildman–Crippen MR) is 119 cm³/mol. The fourth-order valence-corrected chi connectivity index (χ4v) is 6.40. The molecule has 2 rings (SSSR count). The average molecular weight is 408 g/mol. The van der Waals surface area contributed by atoms with Crippen LogP contribution < -0.4 is 0 Å². The first-order valence-electron chi connectivity index (χ1n) is 11.6. The normalized spacial score (nSPS) is 21.1. The molecule has 1 aliphatic rings. The molecule has 0 radical (unpaired) electrons. The van der Waals surface area contributed by atoms with Gasteiger partial charge in [0, 0.05) is 12.1 Å². The van der Waals surface area contributed by atoms with E-state index in [1.165, 1.54) is 51.4 Å². The minimum Gasteiger partial charge on any atom is -0.207 e. The Bertz CT molecular complexity index is 654. The molecule has 1 heterocycles. The van der Waals surface area contributed by atoms with Crippen LogP contribution in [0, 0.1) is 6.92 Å². The van der Waals surface area contributed by atoms with Gasteiger partial charge >= 0.3 is 0 Å². The first-order chi connectivity index (χ1) is 13.5. The number of rotatable bonds is 12. The third kappa shape index (κ3) is 6.88. The molecule has 1 fully saturated rings. The van der Waals surface area contributed by atoms with Crippen LogP contribution in [0.4, 0.5) is 0 Å². The molecule has 28 heavy (non-hydrogen) atoms. The van der Waals surface area contributed by atoms with Gasteiger partial charge in [-0.25, -0.2) is 8.42 Å². The van der Waals surface area contributed by atoms with Crippen LogP contribution in [0.15, 0.2) is 29.2 Å². The fraction of sp³-hybridized carbons (Fsp3) is 0.750. The summed E-state index contributed by atoms with van der Waals surface area (Å²) in [4.78, 5) is 0.448. The van der Waals surface area contributed by atoms with Crippen LogP contribution in [-0.4, -0.2) is 24.8 Å². The van der Waals surface area contributed by atoms with Gasteiger partial charge in [0.25, 0.3) is 0 Å². The Hall–Kier alpha value is -0.870. The molecule has 4 heteroatoms. The van der Waals surface area contributed by atoms with Crippen molar-refractivity contribution in [2.24, 2.45) is 0 Å². The molecule has 1 saturated heterocycles. The Morgan fingerprint density at radius 2 is 1.46 bits per heavy atom. The number of piperidine rings is 1. The van der Waals surface area contributed by atoms with E-state index in [1.807, 2.05) is 23.4 Å². The summed E-state index contributed by atoms with van der Waals surface area (Å²) in [6, 6.07) is 7.60. The summed E-state index contributed by atoms with van der Waals surface area (Å²) >= 11 is 0. The number of hydrogen-bond acceptors (Lipinski definition) is 2. The van der Waals surface area contributed by atoms with Gasteiger partial charge in [-0.3, -0.25) is 0 Å². The van der Waals surface area contributed by atoms with Gasteiger partial charge in [0.05, 0.1) is 4.90 Å². The second-order valence-electron chi connectivity index (χ2n) is 8.70. The van der Waals surface area contributed by atoms with E-state index in [0.717, 1.165) is 37.7 Å². The lowest BCUT2D eigenvalue weighted by Gasteiger charge is -2.39. The smallest absolute Gasteiger partial charge is 0.207 e. The summed E-state index contributed by atoms with van der Waals surface area (Å²) in [5, 5.41) is 0. The number of sulfonamides is 1. The number of aryl methyl sites for hydroxylation is 1. The van der Waals surface area contributed by atoms with Gasteiger partial charge in [0.2, 0.25) is 10.0 Å². The van der Waals surface area contributed by atoms with E-state index in [1.54, 1.807) is 12.1 Å². The molecule has 0 spiro atoms. The van der Waals surface area contributed by atoms with Crippen LogP contribution in [0.2, 0.25) is 0 Å². The summed E-state index contributed by atoms with van der Waals surface area (Å²) in [7, 11) is -3.40. The molecule has 160 valence electrons. The predicted octanol–water partition coefficient (Wildman–Crippen LogP) is 6.85. The molecular weight excluding hydrogens is 366 g/mol. The quantitative estimate of drug-likeness (QED) is 0.355. The Kier molecular flexibility index (Phi) is 10.0. The molecule has 1 aliphatic heterocycles. The van der Waals surface area contributed by atoms with E-state index in [9.17, 15) is 8.42 Å². The zero-order valence-electron chi connectivity index (χ0n) is 18.3. The van der Waals surface area contributed by atoms with Crippen molar-refractivity contribution in [1.82, 2.24) is 4.31 Å². The lowest BCUT2D eigenvalue weighted by Crippen LogP contribution is -2.48. The SMILES string of the molecule is CCCCCCCCCCC[C@@H]1CCC[C@H](C)N1S(=O)(=O)c1ccc(C)cc1. The minimum atomic E-state index is -3.40. The Balaban J connectivity index is 1.85. The van der Waals surface area contributed by atoms with E-state index >= 15 is 0 Å². The molecule has 0 amide bonds. The Morgan fingerprint density at radius 3 is 2.07 bits per heavy atom. The van der Waals surface area contributed by atoms with Crippen molar-refractivity contribution >= 4 is 10.0 Å². The van der Waals surface area contributed by atoms with E-state index in [4.69, 9.17) is 0 Å². The van der Waals surface area contributed by atoms with Crippen molar-refractivity contribution in [2.45, 2.75) is 121 Å². The molecular formula is C24H41NO2S. The van der Waals surface area contributed by atoms with Crippen molar-refractivity contribution in [3.8, 4) is 0 Å². The van der Waals surface area contributed by atoms with Crippen molar-refractivity contribution in [3.05, 3.63) is 29.8 Å². The van der Waals surface area contributed by atoms with Crippen LogP contribution in [0.25, 0.3) is 0 Å². The zero-order valence-corrected chi connectivity index (χ0v) is 19.1. The molecule has 3 nitrogen and oxygen atoms in total. The van der Waals surface area contributed by atoms with E-state index < -0.39 is 10.0 Å². The molecule has 0 unspecified atom stereocenters. The van der Waals surface area contributed by atoms with Crippen LogP contribution in [0.5, 0.6) is 0 Å². The average Bonchev–Trinajstić information content (AvgIpc) is 2.67. The van der Waals surface area contributed by atoms with Crippen molar-refractivity contribution in [1.29, 1.82) is 0 Å². The number of hydrogen-bond donors (Lipinski definition) is 0. The maximum atomic E-state index is 13.3. The lowest BCUT2D eigenvalue weighted by molar-refractivity contribution is 0.179. The van der Waals surface area contributed by atoms with Crippen molar-refractivity contribution < 1.29 is 8.42 Å². The summed E-state index contributed by atoms with van der Waals surface area (Å²) in [5.74, 6) is 0. The van der Waals surface area contributed by atoms with Gasteiger partial charge in [0.15, 0.2) is 0 Å². The highest BCUT2D eigenvalue weighted by Gasteiger charge is 2.37. The molecule has 0 aromatic heterocycles. The first-order valence-corrected chi connectivity index (χ1v) is 13.0. The standard InChI is InChI=1S/C24H41NO2S/c1-4-5-6-7-8-9-10-11-12-15-23-16-13-14-22(3)25(23)28(26,27)24-19-17-21(2)18-20-24/h17-20,22-23H,4-16H2,1-3H3/t22-,23+/m0/s1. The van der Waals surface area contributed by atoms with E-state index in [-0.39, 0.29) is 12.1 Å². The Labute approximate surface area is 174 Å². The van der Waals surface area contributed by atoms with Gasteiger partial charge < -0.3 is 0 Å². The molecule has 0 bridgehead atoms. The van der Waals surface area contributed by atoms with Gasteiger partial charge in [-0.2, -0.15) is 4.31 Å².